The molecule has 6 nitrogen and oxygen atoms in total. The zero-order chi connectivity index (χ0) is 18.1. The number of rotatable bonds is 4. The van der Waals surface area contributed by atoms with Crippen LogP contribution in [0.2, 0.25) is 0 Å². The van der Waals surface area contributed by atoms with E-state index in [4.69, 9.17) is 5.10 Å². The Morgan fingerprint density at radius 2 is 1.67 bits per heavy atom. The standard InChI is InChI=1S/C21H16N6/c1-2-4-16(5-3-1)14-21-24-23-20-11-10-19(25-27(20)21)17-6-8-18(9-7-17)26-13-12-22-15-26/h1-13,15H,14H2. The van der Waals surface area contributed by atoms with Gasteiger partial charge in [-0.3, -0.25) is 0 Å². The summed E-state index contributed by atoms with van der Waals surface area (Å²) in [5, 5.41) is 13.3. The SMILES string of the molecule is c1ccc(Cc2nnc3ccc(-c4ccc(-n5ccnc5)cc4)nn23)cc1. The molecule has 0 bridgehead atoms. The summed E-state index contributed by atoms with van der Waals surface area (Å²) >= 11 is 0. The lowest BCUT2D eigenvalue weighted by molar-refractivity contribution is 0.841. The highest BCUT2D eigenvalue weighted by molar-refractivity contribution is 5.61. The van der Waals surface area contributed by atoms with E-state index in [2.05, 4.69) is 51.6 Å². The monoisotopic (exact) mass is 352 g/mol. The van der Waals surface area contributed by atoms with E-state index in [-0.39, 0.29) is 0 Å². The highest BCUT2D eigenvalue weighted by Crippen LogP contribution is 2.20. The Morgan fingerprint density at radius 1 is 0.815 bits per heavy atom. The number of fused-ring (bicyclic) bond motifs is 1. The average molecular weight is 352 g/mol. The molecule has 0 N–H and O–H groups in total. The van der Waals surface area contributed by atoms with Crippen molar-refractivity contribution in [3.05, 3.63) is 96.8 Å². The van der Waals surface area contributed by atoms with Gasteiger partial charge in [-0.1, -0.05) is 42.5 Å². The summed E-state index contributed by atoms with van der Waals surface area (Å²) in [6.45, 7) is 0. The van der Waals surface area contributed by atoms with E-state index in [0.29, 0.717) is 6.42 Å². The quantitative estimate of drug-likeness (QED) is 0.496. The van der Waals surface area contributed by atoms with Gasteiger partial charge in [-0.2, -0.15) is 9.61 Å². The van der Waals surface area contributed by atoms with Crippen LogP contribution in [0.15, 0.2) is 85.5 Å². The summed E-state index contributed by atoms with van der Waals surface area (Å²) in [6.07, 6.45) is 6.17. The van der Waals surface area contributed by atoms with Crippen molar-refractivity contribution in [1.29, 1.82) is 0 Å². The Balaban J connectivity index is 1.49. The molecule has 0 radical (unpaired) electrons. The van der Waals surface area contributed by atoms with Gasteiger partial charge >= 0.3 is 0 Å². The van der Waals surface area contributed by atoms with Gasteiger partial charge in [0.25, 0.3) is 0 Å². The lowest BCUT2D eigenvalue weighted by atomic mass is 10.1. The van der Waals surface area contributed by atoms with Crippen LogP contribution in [0.5, 0.6) is 0 Å². The molecule has 0 spiro atoms. The molecular formula is C21H16N6. The van der Waals surface area contributed by atoms with Crippen molar-refractivity contribution >= 4 is 5.65 Å². The molecule has 0 aliphatic heterocycles. The molecule has 0 aliphatic carbocycles. The second-order valence-corrected chi connectivity index (χ2v) is 6.28. The van der Waals surface area contributed by atoms with Gasteiger partial charge in [0.2, 0.25) is 0 Å². The third kappa shape index (κ3) is 2.97. The van der Waals surface area contributed by atoms with Crippen LogP contribution >= 0.6 is 0 Å². The molecule has 0 saturated heterocycles. The van der Waals surface area contributed by atoms with Crippen LogP contribution in [0.1, 0.15) is 11.4 Å². The van der Waals surface area contributed by atoms with Crippen LogP contribution in [-0.2, 0) is 6.42 Å². The molecule has 5 aromatic rings. The van der Waals surface area contributed by atoms with Gasteiger partial charge in [0.05, 0.1) is 12.0 Å². The normalized spacial score (nSPS) is 11.1. The molecule has 0 aliphatic rings. The van der Waals surface area contributed by atoms with Gasteiger partial charge in [0.1, 0.15) is 0 Å². The van der Waals surface area contributed by atoms with Gasteiger partial charge in [0.15, 0.2) is 11.5 Å². The number of nitrogens with zero attached hydrogens (tertiary/aromatic N) is 6. The predicted octanol–water partition coefficient (Wildman–Crippen LogP) is 3.57. The maximum Gasteiger partial charge on any atom is 0.177 e. The first-order valence-corrected chi connectivity index (χ1v) is 8.71. The minimum Gasteiger partial charge on any atom is -0.306 e. The molecule has 3 heterocycles. The average Bonchev–Trinajstić information content (AvgIpc) is 3.39. The zero-order valence-electron chi connectivity index (χ0n) is 14.5. The molecule has 2 aromatic carbocycles. The minimum absolute atomic E-state index is 0.692. The summed E-state index contributed by atoms with van der Waals surface area (Å²) in [7, 11) is 0. The van der Waals surface area contributed by atoms with E-state index in [1.807, 2.05) is 45.6 Å². The van der Waals surface area contributed by atoms with Crippen LogP contribution in [0.25, 0.3) is 22.6 Å². The topological polar surface area (TPSA) is 60.9 Å². The summed E-state index contributed by atoms with van der Waals surface area (Å²) in [5.41, 5.74) is 4.92. The van der Waals surface area contributed by atoms with Crippen molar-refractivity contribution in [2.24, 2.45) is 0 Å². The lowest BCUT2D eigenvalue weighted by Crippen LogP contribution is -2.01. The second-order valence-electron chi connectivity index (χ2n) is 6.28. The fraction of sp³-hybridized carbons (Fsp3) is 0.0476. The second kappa shape index (κ2) is 6.49. The Hall–Kier alpha value is -3.80. The molecule has 0 fully saturated rings. The minimum atomic E-state index is 0.692. The summed E-state index contributed by atoms with van der Waals surface area (Å²) in [6, 6.07) is 22.4. The van der Waals surface area contributed by atoms with Crippen LogP contribution < -0.4 is 0 Å². The van der Waals surface area contributed by atoms with E-state index in [0.717, 1.165) is 28.4 Å². The summed E-state index contributed by atoms with van der Waals surface area (Å²) in [5.74, 6) is 0.827. The Kier molecular flexibility index (Phi) is 3.72. The van der Waals surface area contributed by atoms with E-state index < -0.39 is 0 Å². The first kappa shape index (κ1) is 15.5. The molecule has 27 heavy (non-hydrogen) atoms. The van der Waals surface area contributed by atoms with Gasteiger partial charge in [0, 0.05) is 30.1 Å². The number of imidazole rings is 1. The highest BCUT2D eigenvalue weighted by atomic mass is 15.4. The number of benzene rings is 2. The molecule has 3 aromatic heterocycles. The fourth-order valence-corrected chi connectivity index (χ4v) is 3.09. The Morgan fingerprint density at radius 3 is 2.44 bits per heavy atom. The first-order valence-electron chi connectivity index (χ1n) is 8.71. The van der Waals surface area contributed by atoms with Crippen LogP contribution in [0.4, 0.5) is 0 Å². The van der Waals surface area contributed by atoms with Crippen molar-refractivity contribution in [1.82, 2.24) is 29.4 Å². The van der Waals surface area contributed by atoms with Gasteiger partial charge < -0.3 is 4.57 Å². The first-order chi connectivity index (χ1) is 13.4. The van der Waals surface area contributed by atoms with E-state index in [1.54, 1.807) is 12.5 Å². The number of aromatic nitrogens is 6. The fourth-order valence-electron chi connectivity index (χ4n) is 3.09. The van der Waals surface area contributed by atoms with E-state index in [1.165, 1.54) is 5.56 Å². The van der Waals surface area contributed by atoms with Gasteiger partial charge in [-0.15, -0.1) is 10.2 Å². The van der Waals surface area contributed by atoms with Crippen LogP contribution in [0.3, 0.4) is 0 Å². The van der Waals surface area contributed by atoms with Crippen molar-refractivity contribution in [2.45, 2.75) is 6.42 Å². The molecule has 0 amide bonds. The van der Waals surface area contributed by atoms with Crippen molar-refractivity contribution in [3.8, 4) is 16.9 Å². The largest absolute Gasteiger partial charge is 0.306 e. The molecule has 0 atom stereocenters. The van der Waals surface area contributed by atoms with Crippen molar-refractivity contribution in [3.63, 3.8) is 0 Å². The number of hydrogen-bond acceptors (Lipinski definition) is 4. The third-order valence-corrected chi connectivity index (χ3v) is 4.50. The van der Waals surface area contributed by atoms with Gasteiger partial charge in [-0.05, 0) is 29.8 Å². The Bertz CT molecular complexity index is 1170. The highest BCUT2D eigenvalue weighted by Gasteiger charge is 2.09. The zero-order valence-corrected chi connectivity index (χ0v) is 14.5. The maximum absolute atomic E-state index is 4.77. The summed E-state index contributed by atoms with van der Waals surface area (Å²) < 4.78 is 3.80. The molecule has 130 valence electrons. The van der Waals surface area contributed by atoms with Crippen LogP contribution in [-0.4, -0.2) is 29.4 Å². The summed E-state index contributed by atoms with van der Waals surface area (Å²) in [4.78, 5) is 4.08. The maximum atomic E-state index is 4.77. The smallest absolute Gasteiger partial charge is 0.177 e. The Labute approximate surface area is 155 Å². The number of hydrogen-bond donors (Lipinski definition) is 0. The van der Waals surface area contributed by atoms with Crippen molar-refractivity contribution in [2.75, 3.05) is 0 Å². The molecular weight excluding hydrogens is 336 g/mol. The molecule has 5 rings (SSSR count). The molecule has 0 unspecified atom stereocenters. The molecule has 0 saturated carbocycles. The van der Waals surface area contributed by atoms with Gasteiger partial charge in [-0.25, -0.2) is 4.98 Å². The third-order valence-electron chi connectivity index (χ3n) is 4.50. The van der Waals surface area contributed by atoms with Crippen molar-refractivity contribution < 1.29 is 0 Å². The van der Waals surface area contributed by atoms with Crippen LogP contribution in [0, 0.1) is 0 Å². The molecule has 6 heteroatoms. The predicted molar refractivity (Wildman–Crippen MR) is 103 cm³/mol. The van der Waals surface area contributed by atoms with E-state index >= 15 is 0 Å². The van der Waals surface area contributed by atoms with E-state index in [9.17, 15) is 0 Å². The lowest BCUT2D eigenvalue weighted by Gasteiger charge is -2.06.